The lowest BCUT2D eigenvalue weighted by molar-refractivity contribution is -0.116. The zero-order chi connectivity index (χ0) is 20.5. The van der Waals surface area contributed by atoms with Crippen LogP contribution in [0, 0.1) is 0 Å². The number of rotatable bonds is 4. The second-order valence-electron chi connectivity index (χ2n) is 6.66. The molecular formula is C17H20N8O4. The van der Waals surface area contributed by atoms with Gasteiger partial charge in [-0.05, 0) is 0 Å². The first-order valence-electron chi connectivity index (χ1n) is 9.01. The predicted molar refractivity (Wildman–Crippen MR) is 104 cm³/mol. The lowest BCUT2D eigenvalue weighted by Crippen LogP contribution is -2.38. The molecule has 12 nitrogen and oxygen atoms in total. The highest BCUT2D eigenvalue weighted by Gasteiger charge is 2.17. The van der Waals surface area contributed by atoms with Crippen LogP contribution in [-0.2, 0) is 30.2 Å². The average Bonchev–Trinajstić information content (AvgIpc) is 3.15. The van der Waals surface area contributed by atoms with Gasteiger partial charge < -0.3 is 19.5 Å². The molecule has 0 radical (unpaired) electrons. The van der Waals surface area contributed by atoms with E-state index in [9.17, 15) is 14.4 Å². The van der Waals surface area contributed by atoms with Crippen molar-refractivity contribution in [2.45, 2.75) is 6.54 Å². The quantitative estimate of drug-likeness (QED) is 0.572. The van der Waals surface area contributed by atoms with E-state index in [0.29, 0.717) is 37.9 Å². The summed E-state index contributed by atoms with van der Waals surface area (Å²) in [4.78, 5) is 51.5. The summed E-state index contributed by atoms with van der Waals surface area (Å²) in [5, 5.41) is 2.71. The molecule has 0 aliphatic carbocycles. The highest BCUT2D eigenvalue weighted by atomic mass is 16.5. The van der Waals surface area contributed by atoms with Gasteiger partial charge in [0.25, 0.3) is 5.56 Å². The lowest BCUT2D eigenvalue weighted by Gasteiger charge is -2.27. The van der Waals surface area contributed by atoms with Crippen molar-refractivity contribution >= 4 is 28.7 Å². The normalized spacial score (nSPS) is 14.3. The first-order valence-corrected chi connectivity index (χ1v) is 9.01. The number of hydrogen-bond donors (Lipinski definition) is 1. The van der Waals surface area contributed by atoms with Crippen molar-refractivity contribution in [3.8, 4) is 0 Å². The Bertz CT molecular complexity index is 1190. The number of hydrogen-bond acceptors (Lipinski definition) is 8. The second-order valence-corrected chi connectivity index (χ2v) is 6.66. The van der Waals surface area contributed by atoms with Crippen LogP contribution in [0.1, 0.15) is 0 Å². The number of carbonyl (C=O) groups excluding carboxylic acids is 1. The Balaban J connectivity index is 1.55. The Morgan fingerprint density at radius 2 is 1.90 bits per heavy atom. The van der Waals surface area contributed by atoms with Crippen molar-refractivity contribution in [3.63, 3.8) is 0 Å². The van der Waals surface area contributed by atoms with E-state index in [1.54, 1.807) is 6.07 Å². The van der Waals surface area contributed by atoms with Crippen LogP contribution in [-0.4, -0.2) is 60.9 Å². The van der Waals surface area contributed by atoms with Crippen molar-refractivity contribution in [2.24, 2.45) is 14.1 Å². The molecule has 0 unspecified atom stereocenters. The van der Waals surface area contributed by atoms with Crippen LogP contribution < -0.4 is 21.5 Å². The number of anilines is 2. The summed E-state index contributed by atoms with van der Waals surface area (Å²) < 4.78 is 9.00. The highest BCUT2D eigenvalue weighted by molar-refractivity contribution is 5.90. The third-order valence-corrected chi connectivity index (χ3v) is 4.79. The number of carbonyl (C=O) groups is 1. The molecule has 1 N–H and O–H groups in total. The molecule has 3 aromatic heterocycles. The summed E-state index contributed by atoms with van der Waals surface area (Å²) >= 11 is 0. The van der Waals surface area contributed by atoms with E-state index in [4.69, 9.17) is 4.74 Å². The van der Waals surface area contributed by atoms with Gasteiger partial charge in [-0.25, -0.2) is 19.7 Å². The van der Waals surface area contributed by atoms with Gasteiger partial charge >= 0.3 is 5.69 Å². The zero-order valence-electron chi connectivity index (χ0n) is 16.0. The zero-order valence-corrected chi connectivity index (χ0v) is 16.0. The summed E-state index contributed by atoms with van der Waals surface area (Å²) in [6, 6.07) is 1.69. The number of ether oxygens (including phenoxy) is 1. The van der Waals surface area contributed by atoms with Crippen molar-refractivity contribution in [1.82, 2.24) is 28.7 Å². The molecule has 12 heteroatoms. The maximum atomic E-state index is 12.5. The Morgan fingerprint density at radius 1 is 1.14 bits per heavy atom. The third-order valence-electron chi connectivity index (χ3n) is 4.79. The lowest BCUT2D eigenvalue weighted by atomic mass is 10.4. The van der Waals surface area contributed by atoms with Gasteiger partial charge in [-0.15, -0.1) is 0 Å². The van der Waals surface area contributed by atoms with Crippen LogP contribution >= 0.6 is 0 Å². The monoisotopic (exact) mass is 400 g/mol. The molecule has 0 saturated carbocycles. The largest absolute Gasteiger partial charge is 0.378 e. The summed E-state index contributed by atoms with van der Waals surface area (Å²) in [5.41, 5.74) is -0.581. The van der Waals surface area contributed by atoms with Crippen LogP contribution in [0.5, 0.6) is 0 Å². The molecule has 1 aliphatic rings. The molecule has 1 fully saturated rings. The van der Waals surface area contributed by atoms with Crippen molar-refractivity contribution in [1.29, 1.82) is 0 Å². The molecule has 0 bridgehead atoms. The number of imidazole rings is 1. The van der Waals surface area contributed by atoms with Gasteiger partial charge in [0.2, 0.25) is 5.91 Å². The van der Waals surface area contributed by atoms with Gasteiger partial charge in [-0.3, -0.25) is 18.7 Å². The fourth-order valence-corrected chi connectivity index (χ4v) is 3.23. The molecule has 4 rings (SSSR count). The summed E-state index contributed by atoms with van der Waals surface area (Å²) in [6.45, 7) is 2.52. The molecule has 3 aromatic rings. The average molecular weight is 400 g/mol. The van der Waals surface area contributed by atoms with Crippen molar-refractivity contribution in [3.05, 3.63) is 39.6 Å². The van der Waals surface area contributed by atoms with E-state index < -0.39 is 11.2 Å². The molecule has 0 spiro atoms. The van der Waals surface area contributed by atoms with Gasteiger partial charge in [0.15, 0.2) is 11.2 Å². The second kappa shape index (κ2) is 7.47. The summed E-state index contributed by atoms with van der Waals surface area (Å²) in [6.07, 6.45) is 2.75. The van der Waals surface area contributed by atoms with Crippen LogP contribution in [0.4, 0.5) is 11.6 Å². The standard InChI is InChI=1S/C17H20N8O4/c1-22-15-14(16(27)23(2)17(22)28)25(10-20-15)8-13(26)21-11-7-12(19-9-18-11)24-3-5-29-6-4-24/h7,9-10H,3-6,8H2,1-2H3,(H,18,19,21,26). The molecule has 4 heterocycles. The minimum Gasteiger partial charge on any atom is -0.378 e. The van der Waals surface area contributed by atoms with Gasteiger partial charge in [0.1, 0.15) is 24.5 Å². The number of nitrogens with zero attached hydrogens (tertiary/aromatic N) is 7. The van der Waals surface area contributed by atoms with Crippen molar-refractivity contribution in [2.75, 3.05) is 36.5 Å². The topological polar surface area (TPSA) is 129 Å². The molecule has 152 valence electrons. The first kappa shape index (κ1) is 18.8. The van der Waals surface area contributed by atoms with E-state index in [1.807, 2.05) is 0 Å². The molecule has 1 saturated heterocycles. The third kappa shape index (κ3) is 3.49. The number of morpholine rings is 1. The summed E-state index contributed by atoms with van der Waals surface area (Å²) in [5.74, 6) is 0.679. The Kier molecular flexibility index (Phi) is 4.84. The molecule has 29 heavy (non-hydrogen) atoms. The highest BCUT2D eigenvalue weighted by Crippen LogP contribution is 2.15. The number of fused-ring (bicyclic) bond motifs is 1. The molecule has 0 atom stereocenters. The molecule has 0 aromatic carbocycles. The van der Waals surface area contributed by atoms with E-state index in [1.165, 1.54) is 35.9 Å². The maximum Gasteiger partial charge on any atom is 0.332 e. The summed E-state index contributed by atoms with van der Waals surface area (Å²) in [7, 11) is 2.91. The van der Waals surface area contributed by atoms with Crippen LogP contribution in [0.25, 0.3) is 11.2 Å². The maximum absolute atomic E-state index is 12.5. The van der Waals surface area contributed by atoms with Crippen LogP contribution in [0.2, 0.25) is 0 Å². The van der Waals surface area contributed by atoms with Crippen LogP contribution in [0.3, 0.4) is 0 Å². The van der Waals surface area contributed by atoms with Gasteiger partial charge in [-0.1, -0.05) is 0 Å². The SMILES string of the molecule is Cn1c(=O)c2c(ncn2CC(=O)Nc2cc(N3CCOCC3)ncn2)n(C)c1=O. The van der Waals surface area contributed by atoms with Crippen LogP contribution in [0.15, 0.2) is 28.3 Å². The number of aromatic nitrogens is 6. The fraction of sp³-hybridized carbons (Fsp3) is 0.412. The Morgan fingerprint density at radius 3 is 2.66 bits per heavy atom. The number of nitrogens with one attached hydrogen (secondary N) is 1. The number of amides is 1. The van der Waals surface area contributed by atoms with Crippen molar-refractivity contribution < 1.29 is 9.53 Å². The Hall–Kier alpha value is -3.54. The Labute approximate surface area is 164 Å². The first-order chi connectivity index (χ1) is 14.0. The van der Waals surface area contributed by atoms with E-state index in [2.05, 4.69) is 25.2 Å². The molecule has 1 amide bonds. The van der Waals surface area contributed by atoms with Gasteiger partial charge in [0, 0.05) is 33.3 Å². The van der Waals surface area contributed by atoms with E-state index in [0.717, 1.165) is 4.57 Å². The molecule has 1 aliphatic heterocycles. The minimum absolute atomic E-state index is 0.152. The fourth-order valence-electron chi connectivity index (χ4n) is 3.23. The predicted octanol–water partition coefficient (Wildman–Crippen LogP) is -1.30. The number of aryl methyl sites for hydroxylation is 1. The minimum atomic E-state index is -0.509. The van der Waals surface area contributed by atoms with E-state index >= 15 is 0 Å². The van der Waals surface area contributed by atoms with Gasteiger partial charge in [-0.2, -0.15) is 0 Å². The molecular weight excluding hydrogens is 380 g/mol. The van der Waals surface area contributed by atoms with Gasteiger partial charge in [0.05, 0.1) is 19.5 Å². The van der Waals surface area contributed by atoms with E-state index in [-0.39, 0.29) is 23.6 Å². The smallest absolute Gasteiger partial charge is 0.332 e.